The Bertz CT molecular complexity index is 952. The topological polar surface area (TPSA) is 51.0 Å². The van der Waals surface area contributed by atoms with Crippen molar-refractivity contribution in [3.05, 3.63) is 72.6 Å². The van der Waals surface area contributed by atoms with Crippen LogP contribution < -0.4 is 0 Å². The molecule has 1 fully saturated rings. The molecule has 0 saturated carbocycles. The van der Waals surface area contributed by atoms with Crippen LogP contribution in [0.5, 0.6) is 0 Å². The van der Waals surface area contributed by atoms with Crippen molar-refractivity contribution in [3.8, 4) is 0 Å². The number of benzene rings is 1. The van der Waals surface area contributed by atoms with Gasteiger partial charge in [0, 0.05) is 24.7 Å². The Morgan fingerprint density at radius 1 is 1.12 bits per heavy atom. The molecule has 0 spiro atoms. The third-order valence-electron chi connectivity index (χ3n) is 4.42. The standard InChI is InChI=1S/C20H18N4O/c1-2-19(25)23-13-16(14-23)24-20-17(9-6-12-21-20)18(22-24)11-10-15-7-4-3-5-8-15/h2-12,16H,1,13-14H2. The van der Waals surface area contributed by atoms with E-state index in [4.69, 9.17) is 5.10 Å². The zero-order valence-corrected chi connectivity index (χ0v) is 13.7. The number of likely N-dealkylation sites (tertiary alicyclic amines) is 1. The monoisotopic (exact) mass is 330 g/mol. The lowest BCUT2D eigenvalue weighted by atomic mass is 10.1. The summed E-state index contributed by atoms with van der Waals surface area (Å²) in [5, 5.41) is 5.77. The number of aromatic nitrogens is 3. The van der Waals surface area contributed by atoms with Gasteiger partial charge < -0.3 is 4.90 Å². The van der Waals surface area contributed by atoms with E-state index in [-0.39, 0.29) is 11.9 Å². The number of amides is 1. The van der Waals surface area contributed by atoms with Gasteiger partial charge in [-0.25, -0.2) is 9.67 Å². The molecule has 0 bridgehead atoms. The van der Waals surface area contributed by atoms with E-state index < -0.39 is 0 Å². The van der Waals surface area contributed by atoms with Gasteiger partial charge in [0.1, 0.15) is 0 Å². The Hall–Kier alpha value is -3.21. The maximum atomic E-state index is 11.7. The van der Waals surface area contributed by atoms with Gasteiger partial charge in [0.15, 0.2) is 5.65 Å². The first-order valence-corrected chi connectivity index (χ1v) is 8.24. The number of pyridine rings is 1. The van der Waals surface area contributed by atoms with Gasteiger partial charge in [-0.05, 0) is 29.8 Å². The van der Waals surface area contributed by atoms with Crippen LogP contribution >= 0.6 is 0 Å². The minimum absolute atomic E-state index is 0.0372. The summed E-state index contributed by atoms with van der Waals surface area (Å²) in [4.78, 5) is 17.9. The van der Waals surface area contributed by atoms with Gasteiger partial charge in [0.25, 0.3) is 0 Å². The first-order valence-electron chi connectivity index (χ1n) is 8.24. The van der Waals surface area contributed by atoms with Crippen LogP contribution in [0.3, 0.4) is 0 Å². The van der Waals surface area contributed by atoms with E-state index in [9.17, 15) is 4.79 Å². The van der Waals surface area contributed by atoms with Crippen molar-refractivity contribution in [3.63, 3.8) is 0 Å². The average Bonchev–Trinajstić information content (AvgIpc) is 2.98. The SMILES string of the molecule is C=CC(=O)N1CC(n2nc(C=Cc3ccccc3)c3cccnc32)C1. The maximum Gasteiger partial charge on any atom is 0.246 e. The molecule has 25 heavy (non-hydrogen) atoms. The van der Waals surface area contributed by atoms with Crippen molar-refractivity contribution in [2.75, 3.05) is 13.1 Å². The molecule has 5 heteroatoms. The first kappa shape index (κ1) is 15.3. The number of hydrogen-bond acceptors (Lipinski definition) is 3. The largest absolute Gasteiger partial charge is 0.335 e. The summed E-state index contributed by atoms with van der Waals surface area (Å²) in [5.41, 5.74) is 2.87. The van der Waals surface area contributed by atoms with Crippen LogP contribution in [0.25, 0.3) is 23.2 Å². The van der Waals surface area contributed by atoms with Crippen LogP contribution in [-0.4, -0.2) is 38.7 Å². The van der Waals surface area contributed by atoms with Gasteiger partial charge in [0.2, 0.25) is 5.91 Å². The van der Waals surface area contributed by atoms with E-state index in [1.807, 2.05) is 47.2 Å². The summed E-state index contributed by atoms with van der Waals surface area (Å²) in [7, 11) is 0. The van der Waals surface area contributed by atoms with Gasteiger partial charge in [0.05, 0.1) is 11.7 Å². The lowest BCUT2D eigenvalue weighted by Crippen LogP contribution is -2.50. The third kappa shape index (κ3) is 2.85. The summed E-state index contributed by atoms with van der Waals surface area (Å²) in [5.74, 6) is -0.0372. The quantitative estimate of drug-likeness (QED) is 0.691. The van der Waals surface area contributed by atoms with Gasteiger partial charge in [-0.1, -0.05) is 43.0 Å². The van der Waals surface area contributed by atoms with Crippen molar-refractivity contribution in [2.45, 2.75) is 6.04 Å². The fourth-order valence-corrected chi connectivity index (χ4v) is 3.03. The van der Waals surface area contributed by atoms with Crippen molar-refractivity contribution >= 4 is 29.1 Å². The molecule has 4 rings (SSSR count). The molecule has 1 aliphatic rings. The Morgan fingerprint density at radius 3 is 2.68 bits per heavy atom. The molecule has 5 nitrogen and oxygen atoms in total. The van der Waals surface area contributed by atoms with E-state index in [1.54, 1.807) is 11.1 Å². The van der Waals surface area contributed by atoms with Crippen molar-refractivity contribution in [2.24, 2.45) is 0 Å². The number of carbonyl (C=O) groups is 1. The Balaban J connectivity index is 1.65. The minimum Gasteiger partial charge on any atom is -0.335 e. The van der Waals surface area contributed by atoms with E-state index in [1.165, 1.54) is 6.08 Å². The van der Waals surface area contributed by atoms with Crippen LogP contribution in [0.4, 0.5) is 0 Å². The molecular weight excluding hydrogens is 312 g/mol. The summed E-state index contributed by atoms with van der Waals surface area (Å²) in [6, 6.07) is 14.2. The maximum absolute atomic E-state index is 11.7. The molecule has 0 radical (unpaired) electrons. The lowest BCUT2D eigenvalue weighted by Gasteiger charge is -2.38. The number of carbonyl (C=O) groups excluding carboxylic acids is 1. The van der Waals surface area contributed by atoms with Gasteiger partial charge >= 0.3 is 0 Å². The first-order chi connectivity index (χ1) is 12.3. The van der Waals surface area contributed by atoms with Crippen LogP contribution in [0.15, 0.2) is 61.3 Å². The van der Waals surface area contributed by atoms with E-state index in [0.717, 1.165) is 22.3 Å². The summed E-state index contributed by atoms with van der Waals surface area (Å²) in [6.07, 6.45) is 7.19. The molecule has 1 amide bonds. The number of fused-ring (bicyclic) bond motifs is 1. The molecule has 0 unspecified atom stereocenters. The zero-order valence-electron chi connectivity index (χ0n) is 13.7. The Labute approximate surface area is 145 Å². The molecular formula is C20H18N4O. The van der Waals surface area contributed by atoms with Crippen LogP contribution in [0.1, 0.15) is 17.3 Å². The van der Waals surface area contributed by atoms with E-state index in [0.29, 0.717) is 13.1 Å². The fourth-order valence-electron chi connectivity index (χ4n) is 3.03. The highest BCUT2D eigenvalue weighted by molar-refractivity contribution is 5.89. The van der Waals surface area contributed by atoms with Crippen LogP contribution in [-0.2, 0) is 4.79 Å². The highest BCUT2D eigenvalue weighted by atomic mass is 16.2. The predicted octanol–water partition coefficient (Wildman–Crippen LogP) is 3.17. The fraction of sp³-hybridized carbons (Fsp3) is 0.150. The molecule has 124 valence electrons. The number of nitrogens with zero attached hydrogens (tertiary/aromatic N) is 4. The smallest absolute Gasteiger partial charge is 0.246 e. The second kappa shape index (κ2) is 6.36. The molecule has 0 N–H and O–H groups in total. The molecule has 1 saturated heterocycles. The molecule has 1 aliphatic heterocycles. The van der Waals surface area contributed by atoms with E-state index in [2.05, 4.69) is 23.7 Å². The predicted molar refractivity (Wildman–Crippen MR) is 98.7 cm³/mol. The number of hydrogen-bond donors (Lipinski definition) is 0. The van der Waals surface area contributed by atoms with Gasteiger partial charge in [-0.15, -0.1) is 0 Å². The van der Waals surface area contributed by atoms with Crippen molar-refractivity contribution < 1.29 is 4.79 Å². The molecule has 1 aromatic carbocycles. The Kier molecular flexibility index (Phi) is 3.90. The third-order valence-corrected chi connectivity index (χ3v) is 4.42. The van der Waals surface area contributed by atoms with E-state index >= 15 is 0 Å². The summed E-state index contributed by atoms with van der Waals surface area (Å²) < 4.78 is 1.94. The molecule has 0 atom stereocenters. The van der Waals surface area contributed by atoms with Crippen LogP contribution in [0, 0.1) is 0 Å². The summed E-state index contributed by atoms with van der Waals surface area (Å²) in [6.45, 7) is 4.81. The van der Waals surface area contributed by atoms with Gasteiger partial charge in [-0.3, -0.25) is 4.79 Å². The molecule has 0 aliphatic carbocycles. The molecule has 2 aromatic heterocycles. The highest BCUT2D eigenvalue weighted by Gasteiger charge is 2.32. The summed E-state index contributed by atoms with van der Waals surface area (Å²) >= 11 is 0. The van der Waals surface area contributed by atoms with Crippen molar-refractivity contribution in [1.82, 2.24) is 19.7 Å². The number of rotatable bonds is 4. The Morgan fingerprint density at radius 2 is 1.92 bits per heavy atom. The second-order valence-corrected chi connectivity index (χ2v) is 6.05. The van der Waals surface area contributed by atoms with Crippen LogP contribution in [0.2, 0.25) is 0 Å². The lowest BCUT2D eigenvalue weighted by molar-refractivity contribution is -0.131. The van der Waals surface area contributed by atoms with Crippen molar-refractivity contribution in [1.29, 1.82) is 0 Å². The normalized spacial score (nSPS) is 14.8. The zero-order chi connectivity index (χ0) is 17.2. The minimum atomic E-state index is -0.0372. The average molecular weight is 330 g/mol. The molecule has 3 heterocycles. The second-order valence-electron chi connectivity index (χ2n) is 6.05. The molecule has 3 aromatic rings. The van der Waals surface area contributed by atoms with Gasteiger partial charge in [-0.2, -0.15) is 5.10 Å². The highest BCUT2D eigenvalue weighted by Crippen LogP contribution is 2.27.